The minimum absolute atomic E-state index is 0.0902. The van der Waals surface area contributed by atoms with Crippen molar-refractivity contribution in [2.45, 2.75) is 20.3 Å². The zero-order valence-electron chi connectivity index (χ0n) is 9.82. The molecule has 5 nitrogen and oxygen atoms in total. The van der Waals surface area contributed by atoms with Crippen LogP contribution in [0.25, 0.3) is 0 Å². The van der Waals surface area contributed by atoms with Gasteiger partial charge in [0.25, 0.3) is 0 Å². The first-order valence-corrected chi connectivity index (χ1v) is 5.36. The number of pyridine rings is 1. The molecule has 0 radical (unpaired) electrons. The van der Waals surface area contributed by atoms with Gasteiger partial charge in [0.05, 0.1) is 24.0 Å². The molecule has 0 aliphatic heterocycles. The number of amides is 1. The third-order valence-electron chi connectivity index (χ3n) is 2.41. The largest absolute Gasteiger partial charge is 0.324 e. The summed E-state index contributed by atoms with van der Waals surface area (Å²) in [7, 11) is 0. The third kappa shape index (κ3) is 2.90. The molecule has 1 amide bonds. The van der Waals surface area contributed by atoms with Gasteiger partial charge in [-0.1, -0.05) is 0 Å². The van der Waals surface area contributed by atoms with E-state index in [-0.39, 0.29) is 12.3 Å². The fourth-order valence-electron chi connectivity index (χ4n) is 1.52. The Labute approximate surface area is 99.3 Å². The van der Waals surface area contributed by atoms with E-state index in [0.717, 1.165) is 22.6 Å². The fourth-order valence-corrected chi connectivity index (χ4v) is 1.52. The molecule has 0 saturated heterocycles. The van der Waals surface area contributed by atoms with Crippen LogP contribution in [0.1, 0.15) is 17.0 Å². The first kappa shape index (κ1) is 11.3. The van der Waals surface area contributed by atoms with Crippen LogP contribution in [-0.4, -0.2) is 21.1 Å². The van der Waals surface area contributed by atoms with Crippen LogP contribution >= 0.6 is 0 Å². The van der Waals surface area contributed by atoms with Crippen LogP contribution < -0.4 is 5.32 Å². The molecule has 0 unspecified atom stereocenters. The Morgan fingerprint density at radius 3 is 2.94 bits per heavy atom. The highest BCUT2D eigenvalue weighted by atomic mass is 16.1. The maximum Gasteiger partial charge on any atom is 0.230 e. The van der Waals surface area contributed by atoms with Crippen molar-refractivity contribution in [3.8, 4) is 0 Å². The maximum atomic E-state index is 11.8. The van der Waals surface area contributed by atoms with Gasteiger partial charge in [-0.15, -0.1) is 0 Å². The Morgan fingerprint density at radius 1 is 1.47 bits per heavy atom. The Kier molecular flexibility index (Phi) is 3.18. The quantitative estimate of drug-likeness (QED) is 0.841. The van der Waals surface area contributed by atoms with E-state index in [2.05, 4.69) is 20.5 Å². The molecule has 2 heterocycles. The second kappa shape index (κ2) is 4.78. The first-order chi connectivity index (χ1) is 8.15. The Bertz CT molecular complexity index is 533. The van der Waals surface area contributed by atoms with Gasteiger partial charge in [-0.25, -0.2) is 0 Å². The van der Waals surface area contributed by atoms with Crippen molar-refractivity contribution in [3.63, 3.8) is 0 Å². The Balaban J connectivity index is 2.01. The van der Waals surface area contributed by atoms with Crippen LogP contribution in [0, 0.1) is 13.8 Å². The van der Waals surface area contributed by atoms with E-state index in [4.69, 9.17) is 0 Å². The topological polar surface area (TPSA) is 70.7 Å². The lowest BCUT2D eigenvalue weighted by Gasteiger charge is -2.06. The van der Waals surface area contributed by atoms with Crippen LogP contribution in [0.5, 0.6) is 0 Å². The van der Waals surface area contributed by atoms with Crippen LogP contribution in [0.3, 0.4) is 0 Å². The summed E-state index contributed by atoms with van der Waals surface area (Å²) >= 11 is 0. The highest BCUT2D eigenvalue weighted by Crippen LogP contribution is 2.11. The summed E-state index contributed by atoms with van der Waals surface area (Å²) in [5, 5.41) is 9.64. The highest BCUT2D eigenvalue weighted by Gasteiger charge is 2.07. The molecule has 0 aromatic carbocycles. The van der Waals surface area contributed by atoms with Crippen LogP contribution in [-0.2, 0) is 11.2 Å². The molecule has 17 heavy (non-hydrogen) atoms. The molecule has 2 rings (SSSR count). The van der Waals surface area contributed by atoms with E-state index in [9.17, 15) is 4.79 Å². The van der Waals surface area contributed by atoms with E-state index in [0.29, 0.717) is 0 Å². The zero-order chi connectivity index (χ0) is 12.3. The van der Waals surface area contributed by atoms with Crippen LogP contribution in [0.4, 0.5) is 5.69 Å². The Hall–Kier alpha value is -2.17. The fraction of sp³-hybridized carbons (Fsp3) is 0.250. The van der Waals surface area contributed by atoms with Crippen molar-refractivity contribution in [1.29, 1.82) is 0 Å². The summed E-state index contributed by atoms with van der Waals surface area (Å²) in [4.78, 5) is 15.7. The lowest BCUT2D eigenvalue weighted by atomic mass is 10.2. The van der Waals surface area contributed by atoms with Gasteiger partial charge in [0.1, 0.15) is 0 Å². The van der Waals surface area contributed by atoms with Crippen LogP contribution in [0.2, 0.25) is 0 Å². The van der Waals surface area contributed by atoms with Crippen molar-refractivity contribution in [2.24, 2.45) is 0 Å². The first-order valence-electron chi connectivity index (χ1n) is 5.36. The van der Waals surface area contributed by atoms with E-state index >= 15 is 0 Å². The molecule has 0 bridgehead atoms. The van der Waals surface area contributed by atoms with Gasteiger partial charge in [0.2, 0.25) is 5.91 Å². The number of hydrogen-bond donors (Lipinski definition) is 2. The molecule has 88 valence electrons. The van der Waals surface area contributed by atoms with Gasteiger partial charge in [0.15, 0.2) is 0 Å². The van der Waals surface area contributed by atoms with Crippen LogP contribution in [0.15, 0.2) is 24.5 Å². The molecule has 0 fully saturated rings. The van der Waals surface area contributed by atoms with Gasteiger partial charge in [0, 0.05) is 11.9 Å². The zero-order valence-corrected chi connectivity index (χ0v) is 9.82. The molecule has 2 aromatic heterocycles. The maximum absolute atomic E-state index is 11.8. The molecule has 2 aromatic rings. The number of aromatic nitrogens is 3. The number of aromatic amines is 1. The number of carbonyl (C=O) groups excluding carboxylic acids is 1. The van der Waals surface area contributed by atoms with Gasteiger partial charge < -0.3 is 5.32 Å². The molecule has 0 aliphatic rings. The van der Waals surface area contributed by atoms with Crippen molar-refractivity contribution >= 4 is 11.6 Å². The lowest BCUT2D eigenvalue weighted by Crippen LogP contribution is -2.15. The number of rotatable bonds is 3. The van der Waals surface area contributed by atoms with E-state index < -0.39 is 0 Å². The predicted molar refractivity (Wildman–Crippen MR) is 64.6 cm³/mol. The van der Waals surface area contributed by atoms with E-state index in [1.54, 1.807) is 12.4 Å². The standard InChI is InChI=1S/C12H14N4O/c1-8-3-4-13-7-11(8)14-12(17)6-10-5-9(2)15-16-10/h3-5,7H,6H2,1-2H3,(H,14,17)(H,15,16). The van der Waals surface area contributed by atoms with E-state index in [1.165, 1.54) is 0 Å². The summed E-state index contributed by atoms with van der Waals surface area (Å²) < 4.78 is 0. The summed E-state index contributed by atoms with van der Waals surface area (Å²) in [6.45, 7) is 3.83. The summed E-state index contributed by atoms with van der Waals surface area (Å²) in [6.07, 6.45) is 3.60. The molecule has 0 atom stereocenters. The van der Waals surface area contributed by atoms with Crippen molar-refractivity contribution < 1.29 is 4.79 Å². The predicted octanol–water partition coefficient (Wildman–Crippen LogP) is 1.60. The van der Waals surface area contributed by atoms with E-state index in [1.807, 2.05) is 26.0 Å². The monoisotopic (exact) mass is 230 g/mol. The highest BCUT2D eigenvalue weighted by molar-refractivity contribution is 5.92. The molecular weight excluding hydrogens is 216 g/mol. The average molecular weight is 230 g/mol. The minimum atomic E-state index is -0.0902. The SMILES string of the molecule is Cc1cc(CC(=O)Nc2cnccc2C)n[nH]1. The van der Waals surface area contributed by atoms with Gasteiger partial charge >= 0.3 is 0 Å². The number of hydrogen-bond acceptors (Lipinski definition) is 3. The Morgan fingerprint density at radius 2 is 2.29 bits per heavy atom. The second-order valence-corrected chi connectivity index (χ2v) is 3.96. The summed E-state index contributed by atoms with van der Waals surface area (Å²) in [5.74, 6) is -0.0902. The van der Waals surface area contributed by atoms with Gasteiger partial charge in [-0.2, -0.15) is 5.10 Å². The number of nitrogens with zero attached hydrogens (tertiary/aromatic N) is 2. The molecule has 0 saturated carbocycles. The molecule has 2 N–H and O–H groups in total. The number of H-pyrrole nitrogens is 1. The summed E-state index contributed by atoms with van der Waals surface area (Å²) in [5.41, 5.74) is 3.42. The lowest BCUT2D eigenvalue weighted by molar-refractivity contribution is -0.115. The second-order valence-electron chi connectivity index (χ2n) is 3.96. The molecular formula is C12H14N4O. The number of anilines is 1. The third-order valence-corrected chi connectivity index (χ3v) is 2.41. The van der Waals surface area contributed by atoms with Crippen molar-refractivity contribution in [2.75, 3.05) is 5.32 Å². The average Bonchev–Trinajstić information content (AvgIpc) is 2.67. The van der Waals surface area contributed by atoms with Gasteiger partial charge in [-0.3, -0.25) is 14.9 Å². The number of aryl methyl sites for hydroxylation is 2. The summed E-state index contributed by atoms with van der Waals surface area (Å²) in [6, 6.07) is 3.71. The normalized spacial score (nSPS) is 10.2. The minimum Gasteiger partial charge on any atom is -0.324 e. The molecule has 0 aliphatic carbocycles. The molecule has 5 heteroatoms. The van der Waals surface area contributed by atoms with Crippen molar-refractivity contribution in [1.82, 2.24) is 15.2 Å². The number of carbonyl (C=O) groups is 1. The number of nitrogens with one attached hydrogen (secondary N) is 2. The smallest absolute Gasteiger partial charge is 0.230 e. The van der Waals surface area contributed by atoms with Crippen molar-refractivity contribution in [3.05, 3.63) is 41.5 Å². The van der Waals surface area contributed by atoms with Gasteiger partial charge in [-0.05, 0) is 31.5 Å². The molecule has 0 spiro atoms.